The highest BCUT2D eigenvalue weighted by molar-refractivity contribution is 9.10. The molecule has 0 saturated carbocycles. The topological polar surface area (TPSA) is 134 Å². The summed E-state index contributed by atoms with van der Waals surface area (Å²) >= 11 is 3.35. The highest BCUT2D eigenvalue weighted by Crippen LogP contribution is 2.23. The summed E-state index contributed by atoms with van der Waals surface area (Å²) in [6.45, 7) is 6.57. The summed E-state index contributed by atoms with van der Waals surface area (Å²) in [5.41, 5.74) is 0.701. The van der Waals surface area contributed by atoms with Crippen molar-refractivity contribution in [3.05, 3.63) is 75.4 Å². The van der Waals surface area contributed by atoms with Gasteiger partial charge in [0.05, 0.1) is 12.7 Å². The molecule has 0 spiro atoms. The SMILES string of the molecule is COC(=O)C(=CC1CCN(C(=O)OC(C)(C)C)CC1)NC(=O)c1ccc(C(=O)NCc2cccc(O)c2)cc1Br. The Bertz CT molecular complexity index is 1290. The molecule has 1 aliphatic heterocycles. The van der Waals surface area contributed by atoms with Gasteiger partial charge in [0.25, 0.3) is 11.8 Å². The van der Waals surface area contributed by atoms with Crippen molar-refractivity contribution in [2.45, 2.75) is 45.8 Å². The zero-order valence-electron chi connectivity index (χ0n) is 23.0. The van der Waals surface area contributed by atoms with Gasteiger partial charge in [-0.1, -0.05) is 18.2 Å². The lowest BCUT2D eigenvalue weighted by Gasteiger charge is -2.32. The molecule has 214 valence electrons. The van der Waals surface area contributed by atoms with Gasteiger partial charge in [0.15, 0.2) is 0 Å². The number of rotatable bonds is 7. The van der Waals surface area contributed by atoms with E-state index in [2.05, 4.69) is 26.6 Å². The number of likely N-dealkylation sites (tertiary alicyclic amines) is 1. The van der Waals surface area contributed by atoms with Crippen LogP contribution >= 0.6 is 15.9 Å². The van der Waals surface area contributed by atoms with E-state index in [9.17, 15) is 24.3 Å². The number of aromatic hydroxyl groups is 1. The minimum atomic E-state index is -0.693. The average molecular weight is 617 g/mol. The Kier molecular flexibility index (Phi) is 10.3. The van der Waals surface area contributed by atoms with Crippen molar-refractivity contribution < 1.29 is 33.8 Å². The number of carbonyl (C=O) groups excluding carboxylic acids is 4. The number of phenolic OH excluding ortho intramolecular Hbond substituents is 1. The Morgan fingerprint density at radius 3 is 2.38 bits per heavy atom. The molecule has 3 N–H and O–H groups in total. The first-order chi connectivity index (χ1) is 18.9. The molecule has 1 aliphatic rings. The average Bonchev–Trinajstić information content (AvgIpc) is 2.90. The minimum absolute atomic E-state index is 0.00283. The van der Waals surface area contributed by atoms with Crippen molar-refractivity contribution in [1.29, 1.82) is 0 Å². The molecule has 0 radical (unpaired) electrons. The summed E-state index contributed by atoms with van der Waals surface area (Å²) < 4.78 is 10.7. The van der Waals surface area contributed by atoms with E-state index in [0.717, 1.165) is 5.56 Å². The van der Waals surface area contributed by atoms with Crippen LogP contribution in [0.25, 0.3) is 0 Å². The van der Waals surface area contributed by atoms with Crippen LogP contribution in [0.2, 0.25) is 0 Å². The molecule has 1 saturated heterocycles. The fourth-order valence-electron chi connectivity index (χ4n) is 4.06. The van der Waals surface area contributed by atoms with Crippen molar-refractivity contribution in [3.63, 3.8) is 0 Å². The summed E-state index contributed by atoms with van der Waals surface area (Å²) in [7, 11) is 1.23. The van der Waals surface area contributed by atoms with E-state index < -0.39 is 17.5 Å². The molecule has 1 fully saturated rings. The predicted octanol–water partition coefficient (Wildman–Crippen LogP) is 4.52. The number of amides is 3. The number of phenols is 1. The first kappa shape index (κ1) is 30.7. The summed E-state index contributed by atoms with van der Waals surface area (Å²) in [6, 6.07) is 11.1. The second kappa shape index (κ2) is 13.5. The highest BCUT2D eigenvalue weighted by atomic mass is 79.9. The Morgan fingerprint density at radius 2 is 1.77 bits per heavy atom. The van der Waals surface area contributed by atoms with E-state index in [-0.39, 0.29) is 41.5 Å². The fourth-order valence-corrected chi connectivity index (χ4v) is 4.62. The number of carbonyl (C=O) groups is 4. The van der Waals surface area contributed by atoms with E-state index in [1.807, 2.05) is 20.8 Å². The largest absolute Gasteiger partial charge is 0.508 e. The number of hydrogen-bond acceptors (Lipinski definition) is 7. The molecule has 0 aromatic heterocycles. The lowest BCUT2D eigenvalue weighted by molar-refractivity contribution is -0.136. The summed E-state index contributed by atoms with van der Waals surface area (Å²) in [5, 5.41) is 15.0. The number of piperidine rings is 1. The van der Waals surface area contributed by atoms with Gasteiger partial charge < -0.3 is 30.1 Å². The number of esters is 1. The maximum Gasteiger partial charge on any atom is 0.410 e. The van der Waals surface area contributed by atoms with Crippen LogP contribution in [0.1, 0.15) is 59.9 Å². The molecule has 0 aliphatic carbocycles. The van der Waals surface area contributed by atoms with Gasteiger partial charge in [-0.15, -0.1) is 0 Å². The molecule has 3 rings (SSSR count). The molecule has 10 nitrogen and oxygen atoms in total. The Labute approximate surface area is 241 Å². The summed E-state index contributed by atoms with van der Waals surface area (Å²) in [4.78, 5) is 52.1. The molecule has 0 bridgehead atoms. The van der Waals surface area contributed by atoms with Crippen LogP contribution in [0.4, 0.5) is 4.79 Å². The molecule has 3 amide bonds. The third-order valence-corrected chi connectivity index (χ3v) is 6.74. The van der Waals surface area contributed by atoms with E-state index in [1.165, 1.54) is 25.3 Å². The van der Waals surface area contributed by atoms with E-state index in [4.69, 9.17) is 9.47 Å². The van der Waals surface area contributed by atoms with Gasteiger partial charge >= 0.3 is 12.1 Å². The van der Waals surface area contributed by atoms with Crippen molar-refractivity contribution in [1.82, 2.24) is 15.5 Å². The van der Waals surface area contributed by atoms with Crippen LogP contribution in [-0.2, 0) is 20.8 Å². The first-order valence-corrected chi connectivity index (χ1v) is 13.6. The van der Waals surface area contributed by atoms with Crippen LogP contribution < -0.4 is 10.6 Å². The molecule has 40 heavy (non-hydrogen) atoms. The summed E-state index contributed by atoms with van der Waals surface area (Å²) in [6.07, 6.45) is 2.46. The summed E-state index contributed by atoms with van der Waals surface area (Å²) in [5.74, 6) is -1.56. The highest BCUT2D eigenvalue weighted by Gasteiger charge is 2.27. The number of nitrogens with zero attached hydrogens (tertiary/aromatic N) is 1. The lowest BCUT2D eigenvalue weighted by Crippen LogP contribution is -2.41. The zero-order chi connectivity index (χ0) is 29.4. The quantitative estimate of drug-likeness (QED) is 0.308. The monoisotopic (exact) mass is 615 g/mol. The third-order valence-electron chi connectivity index (χ3n) is 6.09. The number of allylic oxidation sites excluding steroid dienone is 1. The maximum absolute atomic E-state index is 13.1. The standard InChI is InChI=1S/C29H34BrN3O7/c1-29(2,3)40-28(38)33-12-10-18(11-13-33)15-24(27(37)39-4)32-26(36)22-9-8-20(16-23(22)30)25(35)31-17-19-6-5-7-21(34)14-19/h5-9,14-16,18,34H,10-13,17H2,1-4H3,(H,31,35)(H,32,36). The smallest absolute Gasteiger partial charge is 0.410 e. The number of ether oxygens (including phenoxy) is 2. The molecule has 0 unspecified atom stereocenters. The van der Waals surface area contributed by atoms with Crippen LogP contribution in [0.5, 0.6) is 5.75 Å². The van der Waals surface area contributed by atoms with Gasteiger partial charge in [0.2, 0.25) is 0 Å². The van der Waals surface area contributed by atoms with Crippen molar-refractivity contribution in [2.24, 2.45) is 5.92 Å². The fraction of sp³-hybridized carbons (Fsp3) is 0.379. The van der Waals surface area contributed by atoms with Crippen LogP contribution in [-0.4, -0.2) is 59.7 Å². The zero-order valence-corrected chi connectivity index (χ0v) is 24.5. The van der Waals surface area contributed by atoms with Crippen molar-refractivity contribution in [2.75, 3.05) is 20.2 Å². The Morgan fingerprint density at radius 1 is 1.07 bits per heavy atom. The molecule has 1 heterocycles. The molecule has 0 atom stereocenters. The Hall–Kier alpha value is -3.86. The third kappa shape index (κ3) is 8.84. The minimum Gasteiger partial charge on any atom is -0.508 e. The van der Waals surface area contributed by atoms with E-state index in [1.54, 1.807) is 35.2 Å². The first-order valence-electron chi connectivity index (χ1n) is 12.8. The molecule has 2 aromatic rings. The van der Waals surface area contributed by atoms with Crippen molar-refractivity contribution >= 4 is 39.8 Å². The number of hydrogen-bond donors (Lipinski definition) is 3. The second-order valence-electron chi connectivity index (χ2n) is 10.4. The molecular weight excluding hydrogens is 582 g/mol. The lowest BCUT2D eigenvalue weighted by atomic mass is 9.95. The number of methoxy groups -OCH3 is 1. The van der Waals surface area contributed by atoms with Gasteiger partial charge in [-0.25, -0.2) is 9.59 Å². The number of benzene rings is 2. The van der Waals surface area contributed by atoms with Gasteiger partial charge in [-0.3, -0.25) is 9.59 Å². The van der Waals surface area contributed by atoms with Crippen LogP contribution in [0, 0.1) is 5.92 Å². The van der Waals surface area contributed by atoms with Crippen molar-refractivity contribution in [3.8, 4) is 5.75 Å². The van der Waals surface area contributed by atoms with Gasteiger partial charge in [0, 0.05) is 29.7 Å². The second-order valence-corrected chi connectivity index (χ2v) is 11.2. The van der Waals surface area contributed by atoms with Crippen LogP contribution in [0.15, 0.2) is 58.7 Å². The molecular formula is C29H34BrN3O7. The van der Waals surface area contributed by atoms with E-state index >= 15 is 0 Å². The van der Waals surface area contributed by atoms with Gasteiger partial charge in [-0.2, -0.15) is 0 Å². The maximum atomic E-state index is 13.1. The number of halogens is 1. The normalized spacial score (nSPS) is 14.3. The number of nitrogens with one attached hydrogen (secondary N) is 2. The van der Waals surface area contributed by atoms with Gasteiger partial charge in [0.1, 0.15) is 17.0 Å². The Balaban J connectivity index is 1.63. The molecule has 2 aromatic carbocycles. The van der Waals surface area contributed by atoms with Gasteiger partial charge in [-0.05, 0) is 91.4 Å². The molecule has 11 heteroatoms. The van der Waals surface area contributed by atoms with E-state index in [0.29, 0.717) is 36.0 Å². The van der Waals surface area contributed by atoms with Crippen LogP contribution in [0.3, 0.4) is 0 Å². The predicted molar refractivity (Wildman–Crippen MR) is 152 cm³/mol.